The fraction of sp³-hybridized carbons (Fsp3) is 0.231. The number of hydrogen-bond donors (Lipinski definition) is 1. The van der Waals surface area contributed by atoms with Gasteiger partial charge in [0.05, 0.1) is 0 Å². The normalized spacial score (nSPS) is 15.9. The van der Waals surface area contributed by atoms with Crippen LogP contribution in [0, 0.1) is 5.92 Å². The number of carbonyl (C=O) groups excluding carboxylic acids is 2. The van der Waals surface area contributed by atoms with Gasteiger partial charge in [0, 0.05) is 37.5 Å². The molecule has 1 aliphatic heterocycles. The molecular formula is C26H26N2O2. The third-order valence-electron chi connectivity index (χ3n) is 5.59. The predicted molar refractivity (Wildman–Crippen MR) is 119 cm³/mol. The molecule has 2 amide bonds. The van der Waals surface area contributed by atoms with Crippen LogP contribution in [0.2, 0.25) is 0 Å². The number of nitrogens with one attached hydrogen (secondary N) is 1. The Morgan fingerprint density at radius 3 is 2.37 bits per heavy atom. The average molecular weight is 399 g/mol. The molecule has 1 unspecified atom stereocenters. The van der Waals surface area contributed by atoms with E-state index in [-0.39, 0.29) is 17.7 Å². The average Bonchev–Trinajstić information content (AvgIpc) is 3.17. The zero-order chi connectivity index (χ0) is 20.8. The van der Waals surface area contributed by atoms with E-state index in [1.165, 1.54) is 5.56 Å². The minimum Gasteiger partial charge on any atom is -0.352 e. The van der Waals surface area contributed by atoms with Crippen LogP contribution in [0.15, 0.2) is 84.9 Å². The van der Waals surface area contributed by atoms with Crippen molar-refractivity contribution in [3.05, 3.63) is 96.1 Å². The van der Waals surface area contributed by atoms with E-state index in [1.54, 1.807) is 0 Å². The molecule has 152 valence electrons. The zero-order valence-corrected chi connectivity index (χ0v) is 17.0. The van der Waals surface area contributed by atoms with Crippen LogP contribution in [0.5, 0.6) is 0 Å². The number of amides is 2. The smallest absolute Gasteiger partial charge is 0.251 e. The molecule has 1 aliphatic rings. The largest absolute Gasteiger partial charge is 0.352 e. The van der Waals surface area contributed by atoms with Crippen molar-refractivity contribution in [1.82, 2.24) is 10.2 Å². The van der Waals surface area contributed by atoms with Crippen LogP contribution < -0.4 is 5.32 Å². The standard InChI is InChI=1S/C26H26N2O2/c29-25-16-21(19-28(25)15-14-20-8-3-1-4-9-20)18-27-26(30)24-13-7-12-23(17-24)22-10-5-2-6-11-22/h1-13,17,21H,14-16,18-19H2,(H,27,30). The lowest BCUT2D eigenvalue weighted by molar-refractivity contribution is -0.127. The van der Waals surface area contributed by atoms with E-state index < -0.39 is 0 Å². The molecule has 0 aromatic heterocycles. The van der Waals surface area contributed by atoms with Crippen molar-refractivity contribution in [3.63, 3.8) is 0 Å². The van der Waals surface area contributed by atoms with Crippen molar-refractivity contribution in [3.8, 4) is 11.1 Å². The Bertz CT molecular complexity index is 1000. The SMILES string of the molecule is O=C(NCC1CC(=O)N(CCc2ccccc2)C1)c1cccc(-c2ccccc2)c1. The maximum Gasteiger partial charge on any atom is 0.251 e. The number of carbonyl (C=O) groups is 2. The second-order valence-corrected chi connectivity index (χ2v) is 7.80. The van der Waals surface area contributed by atoms with Gasteiger partial charge in [0.2, 0.25) is 5.91 Å². The topological polar surface area (TPSA) is 49.4 Å². The first-order valence-electron chi connectivity index (χ1n) is 10.4. The summed E-state index contributed by atoms with van der Waals surface area (Å²) in [4.78, 5) is 26.9. The van der Waals surface area contributed by atoms with Gasteiger partial charge in [-0.3, -0.25) is 9.59 Å². The molecule has 1 atom stereocenters. The number of rotatable bonds is 7. The third kappa shape index (κ3) is 4.95. The Kier molecular flexibility index (Phi) is 6.23. The van der Waals surface area contributed by atoms with Gasteiger partial charge in [0.15, 0.2) is 0 Å². The zero-order valence-electron chi connectivity index (χ0n) is 17.0. The molecule has 1 fully saturated rings. The van der Waals surface area contributed by atoms with Crippen molar-refractivity contribution in [2.24, 2.45) is 5.92 Å². The molecule has 0 saturated carbocycles. The van der Waals surface area contributed by atoms with Crippen molar-refractivity contribution in [2.45, 2.75) is 12.8 Å². The van der Waals surface area contributed by atoms with Gasteiger partial charge in [-0.15, -0.1) is 0 Å². The van der Waals surface area contributed by atoms with Gasteiger partial charge in [-0.25, -0.2) is 0 Å². The summed E-state index contributed by atoms with van der Waals surface area (Å²) in [6.45, 7) is 1.95. The molecule has 1 heterocycles. The highest BCUT2D eigenvalue weighted by atomic mass is 16.2. The number of benzene rings is 3. The summed E-state index contributed by atoms with van der Waals surface area (Å²) in [7, 11) is 0. The summed E-state index contributed by atoms with van der Waals surface area (Å²) in [5.41, 5.74) is 3.98. The molecule has 1 N–H and O–H groups in total. The minimum absolute atomic E-state index is 0.0945. The Morgan fingerprint density at radius 2 is 1.60 bits per heavy atom. The first-order valence-corrected chi connectivity index (χ1v) is 10.4. The molecule has 0 aliphatic carbocycles. The Hall–Kier alpha value is -3.40. The van der Waals surface area contributed by atoms with Crippen molar-refractivity contribution in [2.75, 3.05) is 19.6 Å². The predicted octanol–water partition coefficient (Wildman–Crippen LogP) is 4.17. The molecule has 3 aromatic rings. The first-order chi connectivity index (χ1) is 14.7. The lowest BCUT2D eigenvalue weighted by Crippen LogP contribution is -2.32. The molecule has 0 radical (unpaired) electrons. The van der Waals surface area contributed by atoms with Gasteiger partial charge < -0.3 is 10.2 Å². The van der Waals surface area contributed by atoms with Gasteiger partial charge in [-0.2, -0.15) is 0 Å². The van der Waals surface area contributed by atoms with E-state index in [0.717, 1.165) is 24.1 Å². The van der Waals surface area contributed by atoms with Gasteiger partial charge in [-0.1, -0.05) is 72.8 Å². The molecule has 4 rings (SSSR count). The van der Waals surface area contributed by atoms with Crippen LogP contribution >= 0.6 is 0 Å². The number of nitrogens with zero attached hydrogens (tertiary/aromatic N) is 1. The third-order valence-corrected chi connectivity index (χ3v) is 5.59. The van der Waals surface area contributed by atoms with E-state index in [0.29, 0.717) is 25.1 Å². The molecule has 3 aromatic carbocycles. The van der Waals surface area contributed by atoms with E-state index >= 15 is 0 Å². The summed E-state index contributed by atoms with van der Waals surface area (Å²) in [5, 5.41) is 3.02. The highest BCUT2D eigenvalue weighted by Gasteiger charge is 2.29. The summed E-state index contributed by atoms with van der Waals surface area (Å²) < 4.78 is 0. The second kappa shape index (κ2) is 9.40. The van der Waals surface area contributed by atoms with Crippen LogP contribution in [0.25, 0.3) is 11.1 Å². The van der Waals surface area contributed by atoms with E-state index in [4.69, 9.17) is 0 Å². The summed E-state index contributed by atoms with van der Waals surface area (Å²) in [5.74, 6) is 0.244. The van der Waals surface area contributed by atoms with Crippen LogP contribution in [-0.4, -0.2) is 36.3 Å². The van der Waals surface area contributed by atoms with Crippen LogP contribution in [0.4, 0.5) is 0 Å². The summed E-state index contributed by atoms with van der Waals surface area (Å²) >= 11 is 0. The quantitative estimate of drug-likeness (QED) is 0.649. The Morgan fingerprint density at radius 1 is 0.900 bits per heavy atom. The summed E-state index contributed by atoms with van der Waals surface area (Å²) in [6.07, 6.45) is 1.36. The molecule has 4 heteroatoms. The van der Waals surface area contributed by atoms with Crippen LogP contribution in [0.3, 0.4) is 0 Å². The van der Waals surface area contributed by atoms with E-state index in [2.05, 4.69) is 17.4 Å². The summed E-state index contributed by atoms with van der Waals surface area (Å²) in [6, 6.07) is 27.9. The van der Waals surface area contributed by atoms with Gasteiger partial charge in [0.1, 0.15) is 0 Å². The Balaban J connectivity index is 1.30. The van der Waals surface area contributed by atoms with Gasteiger partial charge in [-0.05, 0) is 35.2 Å². The number of likely N-dealkylation sites (tertiary alicyclic amines) is 1. The van der Waals surface area contributed by atoms with Crippen LogP contribution in [0.1, 0.15) is 22.3 Å². The van der Waals surface area contributed by atoms with Crippen molar-refractivity contribution in [1.29, 1.82) is 0 Å². The molecule has 1 saturated heterocycles. The molecule has 0 bridgehead atoms. The number of hydrogen-bond acceptors (Lipinski definition) is 2. The highest BCUT2D eigenvalue weighted by molar-refractivity contribution is 5.95. The monoisotopic (exact) mass is 398 g/mol. The highest BCUT2D eigenvalue weighted by Crippen LogP contribution is 2.21. The lowest BCUT2D eigenvalue weighted by Gasteiger charge is -2.17. The van der Waals surface area contributed by atoms with Crippen molar-refractivity contribution < 1.29 is 9.59 Å². The van der Waals surface area contributed by atoms with Gasteiger partial charge in [0.25, 0.3) is 5.91 Å². The molecule has 30 heavy (non-hydrogen) atoms. The lowest BCUT2D eigenvalue weighted by atomic mass is 10.0. The maximum absolute atomic E-state index is 12.6. The molecule has 4 nitrogen and oxygen atoms in total. The second-order valence-electron chi connectivity index (χ2n) is 7.80. The Labute approximate surface area is 177 Å². The van der Waals surface area contributed by atoms with Crippen LogP contribution in [-0.2, 0) is 11.2 Å². The molecular weight excluding hydrogens is 372 g/mol. The molecule has 0 spiro atoms. The fourth-order valence-electron chi connectivity index (χ4n) is 3.93. The van der Waals surface area contributed by atoms with E-state index in [9.17, 15) is 9.59 Å². The maximum atomic E-state index is 12.6. The minimum atomic E-state index is -0.0945. The fourth-order valence-corrected chi connectivity index (χ4v) is 3.93. The van der Waals surface area contributed by atoms with E-state index in [1.807, 2.05) is 77.7 Å². The first kappa shape index (κ1) is 19.9. The van der Waals surface area contributed by atoms with Crippen molar-refractivity contribution >= 4 is 11.8 Å². The van der Waals surface area contributed by atoms with Gasteiger partial charge >= 0.3 is 0 Å².